The molecule has 1 aromatic carbocycles. The molecule has 0 saturated carbocycles. The number of nitrogens with zero attached hydrogens (tertiary/aromatic N) is 1. The first-order valence-corrected chi connectivity index (χ1v) is 7.91. The van der Waals surface area contributed by atoms with Gasteiger partial charge >= 0.3 is 5.97 Å². The van der Waals surface area contributed by atoms with Gasteiger partial charge in [-0.3, -0.25) is 14.9 Å². The van der Waals surface area contributed by atoms with Crippen LogP contribution in [0.4, 0.5) is 5.69 Å². The van der Waals surface area contributed by atoms with Gasteiger partial charge in [-0.05, 0) is 37.8 Å². The van der Waals surface area contributed by atoms with Crippen LogP contribution in [0.2, 0.25) is 0 Å². The molecule has 0 spiro atoms. The van der Waals surface area contributed by atoms with Gasteiger partial charge in [0.1, 0.15) is 17.8 Å². The Morgan fingerprint density at radius 2 is 1.92 bits per heavy atom. The number of esters is 1. The van der Waals surface area contributed by atoms with E-state index in [9.17, 15) is 29.9 Å². The second-order valence-corrected chi connectivity index (χ2v) is 5.77. The molecule has 0 radical (unpaired) electrons. The number of hydrogen-bond acceptors (Lipinski definition) is 7. The van der Waals surface area contributed by atoms with E-state index < -0.39 is 35.0 Å². The summed E-state index contributed by atoms with van der Waals surface area (Å²) in [4.78, 5) is 34.2. The van der Waals surface area contributed by atoms with Crippen molar-refractivity contribution in [3.63, 3.8) is 0 Å². The van der Waals surface area contributed by atoms with E-state index in [4.69, 9.17) is 4.74 Å². The molecule has 1 aliphatic rings. The van der Waals surface area contributed by atoms with Crippen LogP contribution in [0.5, 0.6) is 0 Å². The van der Waals surface area contributed by atoms with Crippen molar-refractivity contribution in [2.45, 2.75) is 44.0 Å². The van der Waals surface area contributed by atoms with E-state index in [1.54, 1.807) is 0 Å². The maximum Gasteiger partial charge on any atom is 0.345 e. The molecule has 134 valence electrons. The van der Waals surface area contributed by atoms with Crippen LogP contribution in [0.15, 0.2) is 36.4 Å². The molecule has 2 rings (SSSR count). The summed E-state index contributed by atoms with van der Waals surface area (Å²) < 4.78 is 5.36. The minimum atomic E-state index is -1.51. The zero-order chi connectivity index (χ0) is 18.4. The molecule has 3 unspecified atom stereocenters. The largest absolute Gasteiger partial charge is 0.459 e. The van der Waals surface area contributed by atoms with Gasteiger partial charge in [0, 0.05) is 6.07 Å². The van der Waals surface area contributed by atoms with Crippen molar-refractivity contribution in [2.24, 2.45) is 0 Å². The Kier molecular flexibility index (Phi) is 6.37. The molecule has 2 N–H and O–H groups in total. The fourth-order valence-electron chi connectivity index (χ4n) is 2.57. The van der Waals surface area contributed by atoms with Crippen LogP contribution in [0.25, 0.3) is 0 Å². The monoisotopic (exact) mass is 349 g/mol. The maximum absolute atomic E-state index is 12.3. The highest BCUT2D eigenvalue weighted by atomic mass is 16.6. The number of para-hydroxylation sites is 1. The molecule has 0 fully saturated rings. The first-order valence-electron chi connectivity index (χ1n) is 7.91. The van der Waals surface area contributed by atoms with E-state index in [1.165, 1.54) is 36.4 Å². The Labute approximate surface area is 143 Å². The third-order valence-corrected chi connectivity index (χ3v) is 3.97. The Hall–Kier alpha value is -2.58. The molecule has 0 bridgehead atoms. The number of aliphatic hydroxyl groups excluding tert-OH is 2. The Morgan fingerprint density at radius 1 is 1.20 bits per heavy atom. The van der Waals surface area contributed by atoms with Crippen molar-refractivity contribution in [2.75, 3.05) is 0 Å². The van der Waals surface area contributed by atoms with Crippen molar-refractivity contribution < 1.29 is 29.5 Å². The van der Waals surface area contributed by atoms with E-state index in [2.05, 4.69) is 0 Å². The summed E-state index contributed by atoms with van der Waals surface area (Å²) in [6.07, 6.45) is 0.495. The van der Waals surface area contributed by atoms with Crippen LogP contribution < -0.4 is 0 Å². The Morgan fingerprint density at radius 3 is 2.64 bits per heavy atom. The summed E-state index contributed by atoms with van der Waals surface area (Å²) in [7, 11) is 0. The average Bonchev–Trinajstić information content (AvgIpc) is 2.60. The first-order chi connectivity index (χ1) is 11.9. The van der Waals surface area contributed by atoms with Gasteiger partial charge in [0.05, 0.1) is 11.0 Å². The highest BCUT2D eigenvalue weighted by Gasteiger charge is 2.27. The summed E-state index contributed by atoms with van der Waals surface area (Å²) in [5.74, 6) is -1.38. The Bertz CT molecular complexity index is 685. The second-order valence-electron chi connectivity index (χ2n) is 5.77. The summed E-state index contributed by atoms with van der Waals surface area (Å²) in [6.45, 7) is 0. The molecule has 0 saturated heterocycles. The number of nitro benzene ring substituents is 1. The quantitative estimate of drug-likeness (QED) is 0.481. The fourth-order valence-corrected chi connectivity index (χ4v) is 2.57. The maximum atomic E-state index is 12.3. The molecule has 8 heteroatoms. The zero-order valence-electron chi connectivity index (χ0n) is 13.4. The fraction of sp³-hybridized carbons (Fsp3) is 0.412. The molecule has 0 aliphatic heterocycles. The topological polar surface area (TPSA) is 127 Å². The molecule has 8 nitrogen and oxygen atoms in total. The minimum absolute atomic E-state index is 0.0651. The number of aliphatic hydroxyl groups is 2. The summed E-state index contributed by atoms with van der Waals surface area (Å²) in [6, 6.07) is 5.50. The van der Waals surface area contributed by atoms with Crippen LogP contribution in [-0.2, 0) is 9.53 Å². The molecule has 0 aromatic heterocycles. The standard InChI is InChI=1S/C17H19NO7/c19-14-8-4-1-5-11(9-10-15(20)16(14)21)25-17(22)12-6-2-3-7-13(12)18(23)24/h2-4,6-8,11,15-16,20-21H,1,5,9-10H2. The summed E-state index contributed by atoms with van der Waals surface area (Å²) in [5.41, 5.74) is -0.482. The lowest BCUT2D eigenvalue weighted by Crippen LogP contribution is -2.34. The highest BCUT2D eigenvalue weighted by Crippen LogP contribution is 2.22. The number of hydrogen-bond donors (Lipinski definition) is 2. The third kappa shape index (κ3) is 4.94. The van der Waals surface area contributed by atoms with Gasteiger partial charge in [-0.15, -0.1) is 0 Å². The van der Waals surface area contributed by atoms with E-state index in [-0.39, 0.29) is 24.1 Å². The van der Waals surface area contributed by atoms with E-state index >= 15 is 0 Å². The molecule has 3 atom stereocenters. The smallest absolute Gasteiger partial charge is 0.345 e. The number of nitro groups is 1. The number of rotatable bonds is 3. The van der Waals surface area contributed by atoms with E-state index in [1.807, 2.05) is 0 Å². The Balaban J connectivity index is 2.10. The molecule has 0 heterocycles. The number of ketones is 1. The normalized spacial score (nSPS) is 24.6. The average molecular weight is 349 g/mol. The van der Waals surface area contributed by atoms with E-state index in [0.29, 0.717) is 12.8 Å². The lowest BCUT2D eigenvalue weighted by Gasteiger charge is -2.22. The van der Waals surface area contributed by atoms with Gasteiger partial charge in [-0.25, -0.2) is 4.79 Å². The number of carbonyl (C=O) groups is 2. The van der Waals surface area contributed by atoms with Crippen LogP contribution in [0.3, 0.4) is 0 Å². The lowest BCUT2D eigenvalue weighted by atomic mass is 9.98. The van der Waals surface area contributed by atoms with Crippen molar-refractivity contribution in [1.29, 1.82) is 0 Å². The van der Waals surface area contributed by atoms with Crippen LogP contribution >= 0.6 is 0 Å². The molecular weight excluding hydrogens is 330 g/mol. The lowest BCUT2D eigenvalue weighted by molar-refractivity contribution is -0.385. The first kappa shape index (κ1) is 18.8. The molecule has 25 heavy (non-hydrogen) atoms. The minimum Gasteiger partial charge on any atom is -0.459 e. The predicted molar refractivity (Wildman–Crippen MR) is 86.9 cm³/mol. The highest BCUT2D eigenvalue weighted by molar-refractivity contribution is 5.94. The van der Waals surface area contributed by atoms with Crippen LogP contribution in [-0.4, -0.2) is 45.2 Å². The van der Waals surface area contributed by atoms with Gasteiger partial charge in [-0.1, -0.05) is 18.2 Å². The number of allylic oxidation sites excluding steroid dienone is 1. The second kappa shape index (κ2) is 8.50. The summed E-state index contributed by atoms with van der Waals surface area (Å²) in [5, 5.41) is 30.5. The SMILES string of the molecule is O=C(OC1CCC=CC(=O)C(O)C(O)CC1)c1ccccc1[N+](=O)[O-]. The van der Waals surface area contributed by atoms with Gasteiger partial charge in [-0.2, -0.15) is 0 Å². The third-order valence-electron chi connectivity index (χ3n) is 3.97. The number of benzene rings is 1. The van der Waals surface area contributed by atoms with Crippen LogP contribution in [0.1, 0.15) is 36.0 Å². The molecule has 0 amide bonds. The van der Waals surface area contributed by atoms with Gasteiger partial charge in [0.15, 0.2) is 5.78 Å². The molecule has 1 aromatic rings. The van der Waals surface area contributed by atoms with Gasteiger partial charge < -0.3 is 14.9 Å². The zero-order valence-corrected chi connectivity index (χ0v) is 13.4. The van der Waals surface area contributed by atoms with Gasteiger partial charge in [0.2, 0.25) is 0 Å². The number of ether oxygens (including phenoxy) is 1. The van der Waals surface area contributed by atoms with Gasteiger partial charge in [0.25, 0.3) is 5.69 Å². The van der Waals surface area contributed by atoms with Crippen LogP contribution in [0, 0.1) is 10.1 Å². The molecular formula is C17H19NO7. The van der Waals surface area contributed by atoms with Crippen molar-refractivity contribution in [3.05, 3.63) is 52.1 Å². The molecule has 1 aliphatic carbocycles. The van der Waals surface area contributed by atoms with Crippen molar-refractivity contribution in [1.82, 2.24) is 0 Å². The predicted octanol–water partition coefficient (Wildman–Crippen LogP) is 1.54. The van der Waals surface area contributed by atoms with Crippen molar-refractivity contribution >= 4 is 17.4 Å². The van der Waals surface area contributed by atoms with E-state index in [0.717, 1.165) is 0 Å². The summed E-state index contributed by atoms with van der Waals surface area (Å²) >= 11 is 0. The van der Waals surface area contributed by atoms with Crippen molar-refractivity contribution in [3.8, 4) is 0 Å². The number of carbonyl (C=O) groups excluding carboxylic acids is 2.